The molecule has 26 heavy (non-hydrogen) atoms. The van der Waals surface area contributed by atoms with Gasteiger partial charge in [0.15, 0.2) is 0 Å². The Morgan fingerprint density at radius 3 is 2.65 bits per heavy atom. The molecule has 142 valence electrons. The van der Waals surface area contributed by atoms with E-state index in [1.165, 1.54) is 0 Å². The van der Waals surface area contributed by atoms with Gasteiger partial charge in [0.2, 0.25) is 0 Å². The molecule has 13 heteroatoms. The summed E-state index contributed by atoms with van der Waals surface area (Å²) in [4.78, 5) is 24.5. The van der Waals surface area contributed by atoms with Crippen LogP contribution < -0.4 is 15.9 Å². The smallest absolute Gasteiger partial charge is 0.411 e. The normalized spacial score (nSPS) is 23.7. The summed E-state index contributed by atoms with van der Waals surface area (Å²) < 4.78 is 49.8. The van der Waals surface area contributed by atoms with Crippen molar-refractivity contribution in [2.24, 2.45) is 5.84 Å². The fourth-order valence-corrected chi connectivity index (χ4v) is 3.99. The van der Waals surface area contributed by atoms with Crippen molar-refractivity contribution in [3.63, 3.8) is 0 Å². The molecule has 1 unspecified atom stereocenters. The lowest BCUT2D eigenvalue weighted by atomic mass is 9.99. The molecule has 2 amide bonds. The standard InChI is InChI=1S/C13H17N4O7PS/c14-17-7-6-10(16-26(21,22)23)13(25-20,11(17)18)15-12(19)24-8-9-4-2-1-3-5-9/h1-5,10,16H,6-8,14H2,(H,15,19)(H,21,22,23)/p+1/t10-,13+/m0/s1. The Hall–Kier alpha value is -2.11. The highest BCUT2D eigenvalue weighted by molar-refractivity contribution is 7.83. The number of hydrogen-bond donors (Lipinski definition) is 4. The number of hydrazine groups is 1. The Morgan fingerprint density at radius 2 is 2.08 bits per heavy atom. The van der Waals surface area contributed by atoms with Gasteiger partial charge < -0.3 is 4.74 Å². The second-order valence-corrected chi connectivity index (χ2v) is 7.71. The van der Waals surface area contributed by atoms with Crippen LogP contribution in [0.2, 0.25) is 0 Å². The highest BCUT2D eigenvalue weighted by atomic mass is 32.2. The van der Waals surface area contributed by atoms with Crippen molar-refractivity contribution < 1.29 is 31.9 Å². The molecule has 0 saturated carbocycles. The van der Waals surface area contributed by atoms with Gasteiger partial charge in [-0.3, -0.25) is 19.7 Å². The number of nitrogens with one attached hydrogen (secondary N) is 2. The number of carbonyl (C=O) groups is 2. The van der Waals surface area contributed by atoms with Crippen LogP contribution in [-0.4, -0.2) is 47.8 Å². The summed E-state index contributed by atoms with van der Waals surface area (Å²) in [6.45, 7) is -0.194. The largest absolute Gasteiger partial charge is 0.445 e. The van der Waals surface area contributed by atoms with E-state index in [9.17, 15) is 22.6 Å². The summed E-state index contributed by atoms with van der Waals surface area (Å²) >= 11 is 0. The number of nitrogens with two attached hydrogens (primary N) is 1. The predicted molar refractivity (Wildman–Crippen MR) is 90.5 cm³/mol. The Kier molecular flexibility index (Phi) is 6.26. The summed E-state index contributed by atoms with van der Waals surface area (Å²) in [5, 5.41) is 0.650. The number of benzene rings is 1. The molecule has 1 fully saturated rings. The van der Waals surface area contributed by atoms with Crippen LogP contribution >= 0.6 is 8.46 Å². The van der Waals surface area contributed by atoms with Crippen molar-refractivity contribution in [3.8, 4) is 0 Å². The van der Waals surface area contributed by atoms with E-state index < -0.39 is 42.1 Å². The first-order valence-electron chi connectivity index (χ1n) is 7.37. The Balaban J connectivity index is 2.18. The van der Waals surface area contributed by atoms with E-state index in [0.717, 1.165) is 0 Å². The van der Waals surface area contributed by atoms with Crippen LogP contribution in [0.25, 0.3) is 0 Å². The number of ether oxygens (including phenoxy) is 1. The van der Waals surface area contributed by atoms with E-state index in [0.29, 0.717) is 10.6 Å². The second kappa shape index (κ2) is 8.06. The van der Waals surface area contributed by atoms with Gasteiger partial charge in [0.25, 0.3) is 0 Å². The number of amides is 2. The van der Waals surface area contributed by atoms with Gasteiger partial charge in [-0.1, -0.05) is 34.9 Å². The maximum Gasteiger partial charge on any atom is 0.411 e. The van der Waals surface area contributed by atoms with Crippen molar-refractivity contribution in [1.82, 2.24) is 15.0 Å². The van der Waals surface area contributed by atoms with E-state index in [1.54, 1.807) is 35.1 Å². The Labute approximate surface area is 150 Å². The third kappa shape index (κ3) is 4.74. The summed E-state index contributed by atoms with van der Waals surface area (Å²) in [5.41, 5.74) is 0.671. The average Bonchev–Trinajstić information content (AvgIpc) is 2.59. The van der Waals surface area contributed by atoms with E-state index in [2.05, 4.69) is 5.32 Å². The fraction of sp³-hybridized carbons (Fsp3) is 0.385. The number of piperidine rings is 1. The monoisotopic (exact) mass is 405 g/mol. The third-order valence-electron chi connectivity index (χ3n) is 3.74. The molecule has 1 aromatic rings. The van der Waals surface area contributed by atoms with Gasteiger partial charge in [-0.05, 0) is 12.0 Å². The van der Waals surface area contributed by atoms with Crippen LogP contribution in [0.1, 0.15) is 12.0 Å². The Morgan fingerprint density at radius 1 is 1.42 bits per heavy atom. The molecule has 1 heterocycles. The lowest BCUT2D eigenvalue weighted by molar-refractivity contribution is -0.138. The molecule has 0 aliphatic carbocycles. The molecule has 0 radical (unpaired) electrons. The highest BCUT2D eigenvalue weighted by Gasteiger charge is 2.61. The van der Waals surface area contributed by atoms with E-state index in [4.69, 9.17) is 15.1 Å². The molecule has 0 spiro atoms. The number of hydrogen-bond acceptors (Lipinski definition) is 7. The third-order valence-corrected chi connectivity index (χ3v) is 5.34. The van der Waals surface area contributed by atoms with Crippen LogP contribution in [0.4, 0.5) is 4.79 Å². The van der Waals surface area contributed by atoms with Gasteiger partial charge in [-0.2, -0.15) is 13.1 Å². The zero-order valence-corrected chi connectivity index (χ0v) is 15.2. The number of carbonyl (C=O) groups excluding carboxylic acids is 2. The quantitative estimate of drug-likeness (QED) is 0.213. The SMILES string of the molecule is NN1CC[C@H](NS(=O)(=O)O)[C@@](NC(=O)OCc2ccccc2)([PH+]=O)C1=O. The molecule has 0 bridgehead atoms. The van der Waals surface area contributed by atoms with Gasteiger partial charge in [0, 0.05) is 6.54 Å². The van der Waals surface area contributed by atoms with Crippen molar-refractivity contribution >= 4 is 30.8 Å². The zero-order valence-electron chi connectivity index (χ0n) is 13.4. The zero-order chi connectivity index (χ0) is 19.4. The van der Waals surface area contributed by atoms with Crippen molar-refractivity contribution in [1.29, 1.82) is 0 Å². The molecule has 11 nitrogen and oxygen atoms in total. The molecule has 1 aromatic carbocycles. The predicted octanol–water partition coefficient (Wildman–Crippen LogP) is -0.500. The van der Waals surface area contributed by atoms with Crippen LogP contribution in [0.15, 0.2) is 30.3 Å². The van der Waals surface area contributed by atoms with Crippen LogP contribution in [0.3, 0.4) is 0 Å². The molecule has 1 saturated heterocycles. The van der Waals surface area contributed by atoms with Crippen LogP contribution in [0, 0.1) is 0 Å². The highest BCUT2D eigenvalue weighted by Crippen LogP contribution is 2.32. The topological polar surface area (TPSA) is 168 Å². The number of nitrogens with zero attached hydrogens (tertiary/aromatic N) is 1. The first-order chi connectivity index (χ1) is 12.2. The van der Waals surface area contributed by atoms with E-state index in [-0.39, 0.29) is 19.6 Å². The van der Waals surface area contributed by atoms with Crippen molar-refractivity contribution in [2.45, 2.75) is 24.3 Å². The van der Waals surface area contributed by atoms with Crippen LogP contribution in [0.5, 0.6) is 0 Å². The fourth-order valence-electron chi connectivity index (χ4n) is 2.49. The van der Waals surface area contributed by atoms with Crippen LogP contribution in [-0.2, 0) is 31.0 Å². The first kappa shape index (κ1) is 20.2. The minimum Gasteiger partial charge on any atom is -0.445 e. The van der Waals surface area contributed by atoms with Gasteiger partial charge >= 0.3 is 36.0 Å². The summed E-state index contributed by atoms with van der Waals surface area (Å²) in [6, 6.07) is 7.28. The number of alkyl carbamates (subject to hydrolysis) is 1. The number of rotatable bonds is 6. The van der Waals surface area contributed by atoms with Gasteiger partial charge in [-0.15, -0.1) is 0 Å². The van der Waals surface area contributed by atoms with Gasteiger partial charge in [0.05, 0.1) is 0 Å². The summed E-state index contributed by atoms with van der Waals surface area (Å²) in [5.74, 6) is 4.54. The molecular weight excluding hydrogens is 387 g/mol. The minimum absolute atomic E-state index is 0.0704. The molecular formula is C13H18N4O7PS+. The molecule has 2 rings (SSSR count). The molecule has 5 N–H and O–H groups in total. The van der Waals surface area contributed by atoms with E-state index >= 15 is 0 Å². The lowest BCUT2D eigenvalue weighted by Gasteiger charge is -2.36. The first-order valence-corrected chi connectivity index (χ1v) is 9.72. The lowest BCUT2D eigenvalue weighted by Crippen LogP contribution is -2.71. The molecule has 3 atom stereocenters. The molecule has 0 aromatic heterocycles. The molecule has 1 aliphatic rings. The maximum atomic E-state index is 12.4. The maximum absolute atomic E-state index is 12.4. The molecule has 1 aliphatic heterocycles. The second-order valence-electron chi connectivity index (χ2n) is 5.53. The minimum atomic E-state index is -4.72. The van der Waals surface area contributed by atoms with Crippen molar-refractivity contribution in [2.75, 3.05) is 6.54 Å². The average molecular weight is 405 g/mol. The summed E-state index contributed by atoms with van der Waals surface area (Å²) in [6.07, 6.45) is -1.18. The van der Waals surface area contributed by atoms with E-state index in [1.807, 2.05) is 0 Å². The summed E-state index contributed by atoms with van der Waals surface area (Å²) in [7, 11) is -6.22. The Bertz CT molecular complexity index is 791. The van der Waals surface area contributed by atoms with Gasteiger partial charge in [-0.25, -0.2) is 10.6 Å². The van der Waals surface area contributed by atoms with Crippen molar-refractivity contribution in [3.05, 3.63) is 35.9 Å². The van der Waals surface area contributed by atoms with Gasteiger partial charge in [0.1, 0.15) is 12.6 Å².